The number of benzene rings is 2. The topological polar surface area (TPSA) is 32.9 Å². The molecular weight excluding hydrogens is 298 g/mol. The summed E-state index contributed by atoms with van der Waals surface area (Å²) in [7, 11) is 0. The second-order valence-corrected chi connectivity index (χ2v) is 4.75. The number of ketones is 1. The number of carbonyl (C=O) groups excluding carboxylic acids is 1. The number of hydrogen-bond acceptors (Lipinski definition) is 1. The molecule has 0 saturated carbocycles. The Morgan fingerprint density at radius 1 is 0.955 bits per heavy atom. The number of carbonyl (C=O) groups is 1. The van der Waals surface area contributed by atoms with Crippen LogP contribution in [0.1, 0.15) is 21.6 Å². The van der Waals surface area contributed by atoms with Gasteiger partial charge in [0.2, 0.25) is 0 Å². The van der Waals surface area contributed by atoms with Crippen molar-refractivity contribution < 1.29 is 22.4 Å². The Balaban J connectivity index is 2.24. The van der Waals surface area contributed by atoms with Gasteiger partial charge in [0.1, 0.15) is 11.5 Å². The van der Waals surface area contributed by atoms with Crippen LogP contribution in [0.25, 0.3) is 10.9 Å². The molecule has 0 bridgehead atoms. The summed E-state index contributed by atoms with van der Waals surface area (Å²) in [6, 6.07) is 10.4. The predicted molar refractivity (Wildman–Crippen MR) is 73.1 cm³/mol. The van der Waals surface area contributed by atoms with Crippen LogP contribution in [-0.2, 0) is 6.18 Å². The maximum absolute atomic E-state index is 13.2. The van der Waals surface area contributed by atoms with Gasteiger partial charge in [-0.3, -0.25) is 4.79 Å². The summed E-state index contributed by atoms with van der Waals surface area (Å²) in [5.74, 6) is -1.36. The first-order valence-electron chi connectivity index (χ1n) is 6.36. The van der Waals surface area contributed by atoms with E-state index in [2.05, 4.69) is 4.98 Å². The fourth-order valence-corrected chi connectivity index (χ4v) is 2.34. The molecule has 2 aromatic carbocycles. The summed E-state index contributed by atoms with van der Waals surface area (Å²) >= 11 is 0. The second-order valence-electron chi connectivity index (χ2n) is 4.75. The zero-order valence-corrected chi connectivity index (χ0v) is 11.0. The Hall–Kier alpha value is -2.63. The second kappa shape index (κ2) is 4.98. The van der Waals surface area contributed by atoms with E-state index in [0.29, 0.717) is 0 Å². The third-order valence-electron chi connectivity index (χ3n) is 3.32. The van der Waals surface area contributed by atoms with Crippen molar-refractivity contribution in [3.8, 4) is 0 Å². The van der Waals surface area contributed by atoms with Crippen LogP contribution >= 0.6 is 0 Å². The minimum Gasteiger partial charge on any atom is -0.350 e. The molecule has 3 rings (SSSR count). The first-order chi connectivity index (χ1) is 10.4. The lowest BCUT2D eigenvalue weighted by molar-refractivity contribution is -0.140. The molecular formula is C16H9F4NO. The Bertz CT molecular complexity index is 847. The van der Waals surface area contributed by atoms with Crippen LogP contribution in [0.3, 0.4) is 0 Å². The summed E-state index contributed by atoms with van der Waals surface area (Å²) < 4.78 is 52.5. The highest BCUT2D eigenvalue weighted by Crippen LogP contribution is 2.36. The quantitative estimate of drug-likeness (QED) is 0.546. The molecule has 22 heavy (non-hydrogen) atoms. The zero-order chi connectivity index (χ0) is 15.9. The molecule has 0 amide bonds. The van der Waals surface area contributed by atoms with Crippen molar-refractivity contribution >= 4 is 16.7 Å². The van der Waals surface area contributed by atoms with Crippen LogP contribution in [0.4, 0.5) is 17.6 Å². The zero-order valence-electron chi connectivity index (χ0n) is 11.0. The van der Waals surface area contributed by atoms with Gasteiger partial charge in [0.25, 0.3) is 0 Å². The van der Waals surface area contributed by atoms with E-state index in [-0.39, 0.29) is 16.5 Å². The average Bonchev–Trinajstić information content (AvgIpc) is 2.87. The van der Waals surface area contributed by atoms with Gasteiger partial charge < -0.3 is 4.98 Å². The standard InChI is InChI=1S/C16H9F4NO/c17-10-7-5-9(6-8-10)14(22)13-11-3-1-2-4-12(11)21-15(13)16(18,19)20/h1-8,21H. The van der Waals surface area contributed by atoms with Crippen molar-refractivity contribution in [2.45, 2.75) is 6.18 Å². The molecule has 0 radical (unpaired) electrons. The largest absolute Gasteiger partial charge is 0.432 e. The third-order valence-corrected chi connectivity index (χ3v) is 3.32. The molecule has 112 valence electrons. The molecule has 0 spiro atoms. The van der Waals surface area contributed by atoms with Gasteiger partial charge in [-0.05, 0) is 30.3 Å². The van der Waals surface area contributed by atoms with Crippen LogP contribution in [0.2, 0.25) is 0 Å². The lowest BCUT2D eigenvalue weighted by Gasteiger charge is -2.08. The van der Waals surface area contributed by atoms with Crippen molar-refractivity contribution in [3.63, 3.8) is 0 Å². The number of halogens is 4. The highest BCUT2D eigenvalue weighted by atomic mass is 19.4. The summed E-state index contributed by atoms with van der Waals surface area (Å²) in [6.07, 6.45) is -4.69. The third kappa shape index (κ3) is 2.36. The van der Waals surface area contributed by atoms with E-state index < -0.39 is 29.0 Å². The molecule has 2 nitrogen and oxygen atoms in total. The van der Waals surface area contributed by atoms with E-state index in [9.17, 15) is 22.4 Å². The smallest absolute Gasteiger partial charge is 0.350 e. The number of nitrogens with one attached hydrogen (secondary N) is 1. The fourth-order valence-electron chi connectivity index (χ4n) is 2.34. The van der Waals surface area contributed by atoms with E-state index in [1.54, 1.807) is 12.1 Å². The fraction of sp³-hybridized carbons (Fsp3) is 0.0625. The van der Waals surface area contributed by atoms with Crippen LogP contribution in [0.15, 0.2) is 48.5 Å². The van der Waals surface area contributed by atoms with Crippen LogP contribution in [0.5, 0.6) is 0 Å². The summed E-state index contributed by atoms with van der Waals surface area (Å²) in [5.41, 5.74) is -1.32. The molecule has 1 aromatic heterocycles. The van der Waals surface area contributed by atoms with Crippen LogP contribution in [-0.4, -0.2) is 10.8 Å². The molecule has 0 aliphatic carbocycles. The Morgan fingerprint density at radius 2 is 1.59 bits per heavy atom. The van der Waals surface area contributed by atoms with Gasteiger partial charge >= 0.3 is 6.18 Å². The summed E-state index contributed by atoms with van der Waals surface area (Å²) in [4.78, 5) is 14.7. The number of hydrogen-bond donors (Lipinski definition) is 1. The van der Waals surface area contributed by atoms with Gasteiger partial charge in [-0.1, -0.05) is 18.2 Å². The van der Waals surface area contributed by atoms with Crippen LogP contribution in [0, 0.1) is 5.82 Å². The average molecular weight is 307 g/mol. The molecule has 0 unspecified atom stereocenters. The van der Waals surface area contributed by atoms with Gasteiger partial charge in [-0.15, -0.1) is 0 Å². The predicted octanol–water partition coefficient (Wildman–Crippen LogP) is 4.56. The molecule has 1 N–H and O–H groups in total. The molecule has 6 heteroatoms. The van der Waals surface area contributed by atoms with Crippen molar-refractivity contribution in [1.82, 2.24) is 4.98 Å². The molecule has 0 atom stereocenters. The number of aromatic amines is 1. The number of alkyl halides is 3. The van der Waals surface area contributed by atoms with Crippen molar-refractivity contribution in [3.05, 3.63) is 71.2 Å². The minimum absolute atomic E-state index is 0.00310. The summed E-state index contributed by atoms with van der Waals surface area (Å²) in [5, 5.41) is 0.184. The maximum atomic E-state index is 13.2. The molecule has 0 aliphatic rings. The van der Waals surface area contributed by atoms with Gasteiger partial charge in [0.15, 0.2) is 5.78 Å². The first-order valence-corrected chi connectivity index (χ1v) is 6.36. The van der Waals surface area contributed by atoms with Gasteiger partial charge in [0, 0.05) is 16.5 Å². The number of fused-ring (bicyclic) bond motifs is 1. The number of aromatic nitrogens is 1. The highest BCUT2D eigenvalue weighted by Gasteiger charge is 2.38. The maximum Gasteiger partial charge on any atom is 0.432 e. The van der Waals surface area contributed by atoms with Crippen molar-refractivity contribution in [1.29, 1.82) is 0 Å². The SMILES string of the molecule is O=C(c1ccc(F)cc1)c1c(C(F)(F)F)[nH]c2ccccc12. The normalized spacial score (nSPS) is 11.8. The van der Waals surface area contributed by atoms with E-state index in [1.165, 1.54) is 24.3 Å². The van der Waals surface area contributed by atoms with Crippen LogP contribution < -0.4 is 0 Å². The summed E-state index contributed by atoms with van der Waals surface area (Å²) in [6.45, 7) is 0. The number of H-pyrrole nitrogens is 1. The monoisotopic (exact) mass is 307 g/mol. The van der Waals surface area contributed by atoms with Gasteiger partial charge in [0.05, 0.1) is 5.56 Å². The Morgan fingerprint density at radius 3 is 2.23 bits per heavy atom. The van der Waals surface area contributed by atoms with Crippen molar-refractivity contribution in [2.75, 3.05) is 0 Å². The minimum atomic E-state index is -4.69. The highest BCUT2D eigenvalue weighted by molar-refractivity contribution is 6.17. The van der Waals surface area contributed by atoms with E-state index >= 15 is 0 Å². The van der Waals surface area contributed by atoms with E-state index in [1.807, 2.05) is 0 Å². The lowest BCUT2D eigenvalue weighted by atomic mass is 10.00. The molecule has 1 heterocycles. The molecule has 0 saturated heterocycles. The first kappa shape index (κ1) is 14.3. The molecule has 0 aliphatic heterocycles. The lowest BCUT2D eigenvalue weighted by Crippen LogP contribution is -2.13. The molecule has 0 fully saturated rings. The molecule has 3 aromatic rings. The number of para-hydroxylation sites is 1. The van der Waals surface area contributed by atoms with Crippen molar-refractivity contribution in [2.24, 2.45) is 0 Å². The van der Waals surface area contributed by atoms with E-state index in [4.69, 9.17) is 0 Å². The number of rotatable bonds is 2. The Labute approximate surface area is 122 Å². The van der Waals surface area contributed by atoms with E-state index in [0.717, 1.165) is 12.1 Å². The van der Waals surface area contributed by atoms with Gasteiger partial charge in [-0.25, -0.2) is 4.39 Å². The van der Waals surface area contributed by atoms with Gasteiger partial charge in [-0.2, -0.15) is 13.2 Å². The Kier molecular flexibility index (Phi) is 3.24.